The molecule has 6 nitrogen and oxygen atoms in total. The minimum Gasteiger partial charge on any atom is -0.505 e. The van der Waals surface area contributed by atoms with E-state index < -0.39 is 0 Å². The SMILES string of the molecule is Cc1cc(C(C)(C)C)cc(N2Nc3ccccc3N2c2ncco2)c1O. The molecule has 0 spiro atoms. The maximum absolute atomic E-state index is 10.8. The van der Waals surface area contributed by atoms with Crippen LogP contribution in [-0.2, 0) is 5.41 Å². The highest BCUT2D eigenvalue weighted by Gasteiger charge is 2.34. The van der Waals surface area contributed by atoms with Crippen LogP contribution in [0.25, 0.3) is 0 Å². The van der Waals surface area contributed by atoms with E-state index in [0.717, 1.165) is 22.5 Å². The van der Waals surface area contributed by atoms with Crippen molar-refractivity contribution in [2.75, 3.05) is 15.6 Å². The second-order valence-corrected chi connectivity index (χ2v) is 7.48. The number of phenols is 1. The number of nitrogens with one attached hydrogen (secondary N) is 1. The number of para-hydroxylation sites is 2. The number of hydrazine groups is 2. The van der Waals surface area contributed by atoms with Crippen molar-refractivity contribution in [3.05, 3.63) is 60.0 Å². The van der Waals surface area contributed by atoms with Crippen molar-refractivity contribution in [2.45, 2.75) is 33.1 Å². The molecule has 0 fully saturated rings. The Bertz CT molecular complexity index is 945. The van der Waals surface area contributed by atoms with Gasteiger partial charge in [0, 0.05) is 0 Å². The van der Waals surface area contributed by atoms with Gasteiger partial charge in [0.05, 0.1) is 17.6 Å². The van der Waals surface area contributed by atoms with Gasteiger partial charge in [-0.05, 0) is 41.7 Å². The highest BCUT2D eigenvalue weighted by atomic mass is 16.4. The Morgan fingerprint density at radius 2 is 1.88 bits per heavy atom. The summed E-state index contributed by atoms with van der Waals surface area (Å²) >= 11 is 0. The number of nitrogens with zero attached hydrogens (tertiary/aromatic N) is 3. The van der Waals surface area contributed by atoms with Gasteiger partial charge in [-0.2, -0.15) is 10.1 Å². The monoisotopic (exact) mass is 350 g/mol. The standard InChI is InChI=1S/C20H22N4O2/c1-13-11-14(20(2,3)4)12-17(18(13)25)24-22-15-7-5-6-8-16(15)23(24)19-21-9-10-26-19/h5-12,22,25H,1-4H3. The first-order valence-corrected chi connectivity index (χ1v) is 8.56. The molecule has 4 rings (SSSR count). The molecule has 0 saturated carbocycles. The Labute approximate surface area is 152 Å². The summed E-state index contributed by atoms with van der Waals surface area (Å²) in [6, 6.07) is 12.3. The lowest BCUT2D eigenvalue weighted by Gasteiger charge is -2.30. The molecule has 0 aliphatic carbocycles. The molecule has 134 valence electrons. The fourth-order valence-corrected chi connectivity index (χ4v) is 3.06. The molecule has 2 heterocycles. The van der Waals surface area contributed by atoms with Crippen molar-refractivity contribution in [2.24, 2.45) is 0 Å². The van der Waals surface area contributed by atoms with Crippen molar-refractivity contribution in [1.82, 2.24) is 4.98 Å². The first-order valence-electron chi connectivity index (χ1n) is 8.56. The molecule has 0 amide bonds. The summed E-state index contributed by atoms with van der Waals surface area (Å²) in [6.45, 7) is 8.37. The van der Waals surface area contributed by atoms with Crippen LogP contribution in [0.5, 0.6) is 5.75 Å². The van der Waals surface area contributed by atoms with E-state index in [1.54, 1.807) is 11.3 Å². The number of rotatable bonds is 2. The lowest BCUT2D eigenvalue weighted by atomic mass is 9.85. The third-order valence-electron chi connectivity index (χ3n) is 4.53. The summed E-state index contributed by atoms with van der Waals surface area (Å²) < 4.78 is 5.55. The van der Waals surface area contributed by atoms with E-state index in [-0.39, 0.29) is 11.2 Å². The predicted molar refractivity (Wildman–Crippen MR) is 103 cm³/mol. The molecule has 0 saturated heterocycles. The van der Waals surface area contributed by atoms with Crippen LogP contribution in [0.1, 0.15) is 31.9 Å². The summed E-state index contributed by atoms with van der Waals surface area (Å²) in [5.41, 5.74) is 7.68. The average Bonchev–Trinajstić information content (AvgIpc) is 3.22. The maximum atomic E-state index is 10.8. The molecule has 1 aliphatic heterocycles. The predicted octanol–water partition coefficient (Wildman–Crippen LogP) is 4.89. The third-order valence-corrected chi connectivity index (χ3v) is 4.53. The second kappa shape index (κ2) is 5.69. The molecule has 2 aromatic carbocycles. The summed E-state index contributed by atoms with van der Waals surface area (Å²) in [7, 11) is 0. The fraction of sp³-hybridized carbons (Fsp3) is 0.250. The molecule has 1 aliphatic rings. The lowest BCUT2D eigenvalue weighted by molar-refractivity contribution is 0.468. The number of benzene rings is 2. The minimum absolute atomic E-state index is 0.0481. The Kier molecular flexibility index (Phi) is 3.57. The topological polar surface area (TPSA) is 64.8 Å². The Morgan fingerprint density at radius 1 is 1.12 bits per heavy atom. The molecule has 0 radical (unpaired) electrons. The van der Waals surface area contributed by atoms with E-state index >= 15 is 0 Å². The summed E-state index contributed by atoms with van der Waals surface area (Å²) in [5.74, 6) is 0.217. The Balaban J connectivity index is 1.89. The molecule has 2 N–H and O–H groups in total. The molecular weight excluding hydrogens is 328 g/mol. The van der Waals surface area contributed by atoms with Gasteiger partial charge in [0.15, 0.2) is 0 Å². The van der Waals surface area contributed by atoms with Gasteiger partial charge in [0.2, 0.25) is 0 Å². The molecule has 0 atom stereocenters. The number of aryl methyl sites for hydroxylation is 1. The number of anilines is 4. The average molecular weight is 350 g/mol. The summed E-state index contributed by atoms with van der Waals surface area (Å²) in [4.78, 5) is 4.29. The normalized spacial score (nSPS) is 13.7. The van der Waals surface area contributed by atoms with Crippen LogP contribution in [-0.4, -0.2) is 10.1 Å². The molecule has 3 aromatic rings. The highest BCUT2D eigenvalue weighted by molar-refractivity contribution is 5.86. The molecule has 6 heteroatoms. The number of aromatic hydroxyl groups is 1. The van der Waals surface area contributed by atoms with Gasteiger partial charge in [-0.25, -0.2) is 4.98 Å². The Morgan fingerprint density at radius 3 is 2.58 bits per heavy atom. The van der Waals surface area contributed by atoms with Gasteiger partial charge < -0.3 is 9.52 Å². The number of aromatic nitrogens is 1. The van der Waals surface area contributed by atoms with Crippen molar-refractivity contribution in [1.29, 1.82) is 0 Å². The molecular formula is C20H22N4O2. The number of phenolic OH excluding ortho intramolecular Hbond substituents is 1. The third kappa shape index (κ3) is 2.54. The van der Waals surface area contributed by atoms with Gasteiger partial charge in [-0.1, -0.05) is 39.0 Å². The van der Waals surface area contributed by atoms with E-state index in [9.17, 15) is 5.11 Å². The molecule has 26 heavy (non-hydrogen) atoms. The van der Waals surface area contributed by atoms with Crippen molar-refractivity contribution in [3.63, 3.8) is 0 Å². The van der Waals surface area contributed by atoms with Crippen LogP contribution in [0, 0.1) is 6.92 Å². The minimum atomic E-state index is -0.0481. The van der Waals surface area contributed by atoms with E-state index in [1.165, 1.54) is 6.26 Å². The van der Waals surface area contributed by atoms with E-state index in [1.807, 2.05) is 48.3 Å². The van der Waals surface area contributed by atoms with Gasteiger partial charge in [0.25, 0.3) is 0 Å². The number of fused-ring (bicyclic) bond motifs is 1. The van der Waals surface area contributed by atoms with Gasteiger partial charge in [-0.3, -0.25) is 5.43 Å². The Hall–Kier alpha value is -3.15. The second-order valence-electron chi connectivity index (χ2n) is 7.48. The summed E-state index contributed by atoms with van der Waals surface area (Å²) in [6.07, 6.45) is 3.14. The van der Waals surface area contributed by atoms with Crippen molar-refractivity contribution in [3.8, 4) is 5.75 Å². The number of hydrogen-bond acceptors (Lipinski definition) is 6. The van der Waals surface area contributed by atoms with E-state index in [4.69, 9.17) is 4.42 Å². The zero-order chi connectivity index (χ0) is 18.5. The van der Waals surface area contributed by atoms with Gasteiger partial charge in [0.1, 0.15) is 17.7 Å². The highest BCUT2D eigenvalue weighted by Crippen LogP contribution is 2.45. The van der Waals surface area contributed by atoms with E-state index in [0.29, 0.717) is 11.7 Å². The van der Waals surface area contributed by atoms with Crippen LogP contribution in [0.3, 0.4) is 0 Å². The zero-order valence-corrected chi connectivity index (χ0v) is 15.3. The van der Waals surface area contributed by atoms with Crippen molar-refractivity contribution >= 4 is 23.1 Å². The maximum Gasteiger partial charge on any atom is 0.323 e. The fourth-order valence-electron chi connectivity index (χ4n) is 3.06. The molecule has 0 bridgehead atoms. The lowest BCUT2D eigenvalue weighted by Crippen LogP contribution is -2.39. The van der Waals surface area contributed by atoms with Crippen LogP contribution in [0.15, 0.2) is 53.3 Å². The van der Waals surface area contributed by atoms with Crippen LogP contribution < -0.4 is 15.6 Å². The van der Waals surface area contributed by atoms with Gasteiger partial charge >= 0.3 is 6.01 Å². The first kappa shape index (κ1) is 16.3. The van der Waals surface area contributed by atoms with Gasteiger partial charge in [-0.15, -0.1) is 0 Å². The van der Waals surface area contributed by atoms with Crippen LogP contribution in [0.2, 0.25) is 0 Å². The molecule has 0 unspecified atom stereocenters. The van der Waals surface area contributed by atoms with Crippen LogP contribution in [0.4, 0.5) is 23.1 Å². The molecule has 1 aromatic heterocycles. The largest absolute Gasteiger partial charge is 0.505 e. The quantitative estimate of drug-likeness (QED) is 0.686. The number of oxazole rings is 1. The van der Waals surface area contributed by atoms with Crippen LogP contribution >= 0.6 is 0 Å². The zero-order valence-electron chi connectivity index (χ0n) is 15.3. The smallest absolute Gasteiger partial charge is 0.323 e. The van der Waals surface area contributed by atoms with E-state index in [2.05, 4.69) is 31.2 Å². The number of hydrogen-bond donors (Lipinski definition) is 2. The first-order chi connectivity index (χ1) is 12.4. The summed E-state index contributed by atoms with van der Waals surface area (Å²) in [5, 5.41) is 14.4. The van der Waals surface area contributed by atoms with Crippen molar-refractivity contribution < 1.29 is 9.52 Å².